The summed E-state index contributed by atoms with van der Waals surface area (Å²) >= 11 is 0. The second-order valence-corrected chi connectivity index (χ2v) is 4.91. The number of aryl methyl sites for hydroxylation is 2. The fraction of sp³-hybridized carbons (Fsp3) is 0.143. The number of phenolic OH excluding ortho intramolecular Hbond substituents is 1. The van der Waals surface area contributed by atoms with Crippen molar-refractivity contribution in [1.82, 2.24) is 19.1 Å². The van der Waals surface area contributed by atoms with Crippen LogP contribution in [0.15, 0.2) is 39.0 Å². The normalized spacial score (nSPS) is 11.4. The van der Waals surface area contributed by atoms with Crippen molar-refractivity contribution >= 4 is 23.3 Å². The van der Waals surface area contributed by atoms with Gasteiger partial charge in [0.15, 0.2) is 11.2 Å². The molecule has 0 bridgehead atoms. The lowest BCUT2D eigenvalue weighted by Crippen LogP contribution is -2.29. The zero-order valence-corrected chi connectivity index (χ0v) is 12.4. The Morgan fingerprint density at radius 2 is 2.00 bits per heavy atom. The van der Waals surface area contributed by atoms with E-state index >= 15 is 0 Å². The van der Waals surface area contributed by atoms with Gasteiger partial charge < -0.3 is 9.67 Å². The van der Waals surface area contributed by atoms with Crippen molar-refractivity contribution < 1.29 is 5.11 Å². The van der Waals surface area contributed by atoms with E-state index in [1.54, 1.807) is 31.3 Å². The summed E-state index contributed by atoms with van der Waals surface area (Å²) in [6, 6.07) is 6.72. The number of para-hydroxylation sites is 1. The first kappa shape index (κ1) is 14.6. The third-order valence-electron chi connectivity index (χ3n) is 3.44. The highest BCUT2D eigenvalue weighted by atomic mass is 16.3. The lowest BCUT2D eigenvalue weighted by atomic mass is 10.2. The molecular formula is C14H14N6O3. The number of benzene rings is 1. The SMILES string of the molecule is Cn1c(N/N=C/c2ccccc2O)nc2c1c(=O)[nH]c(=O)n2C. The predicted molar refractivity (Wildman–Crippen MR) is 85.9 cm³/mol. The number of nitrogens with zero attached hydrogens (tertiary/aromatic N) is 4. The van der Waals surface area contributed by atoms with E-state index in [0.717, 1.165) is 0 Å². The van der Waals surface area contributed by atoms with Crippen LogP contribution in [-0.4, -0.2) is 30.4 Å². The number of imidazole rings is 1. The molecule has 0 aliphatic rings. The highest BCUT2D eigenvalue weighted by Gasteiger charge is 2.14. The van der Waals surface area contributed by atoms with Crippen LogP contribution in [0.3, 0.4) is 0 Å². The molecule has 1 aromatic carbocycles. The average molecular weight is 314 g/mol. The number of H-pyrrole nitrogens is 1. The smallest absolute Gasteiger partial charge is 0.329 e. The Bertz CT molecular complexity index is 1030. The van der Waals surface area contributed by atoms with Gasteiger partial charge in [0.05, 0.1) is 6.21 Å². The molecule has 0 fully saturated rings. The third-order valence-corrected chi connectivity index (χ3v) is 3.44. The molecule has 23 heavy (non-hydrogen) atoms. The molecule has 0 aliphatic heterocycles. The Kier molecular flexibility index (Phi) is 3.45. The molecule has 3 N–H and O–H groups in total. The summed E-state index contributed by atoms with van der Waals surface area (Å²) in [7, 11) is 3.15. The maximum Gasteiger partial charge on any atom is 0.329 e. The molecule has 3 aromatic rings. The molecule has 3 rings (SSSR count). The number of fused-ring (bicyclic) bond motifs is 1. The molecule has 118 valence electrons. The van der Waals surface area contributed by atoms with Gasteiger partial charge in [0, 0.05) is 19.7 Å². The van der Waals surface area contributed by atoms with Crippen LogP contribution >= 0.6 is 0 Å². The summed E-state index contributed by atoms with van der Waals surface area (Å²) in [5.74, 6) is 0.389. The van der Waals surface area contributed by atoms with E-state index in [0.29, 0.717) is 11.5 Å². The van der Waals surface area contributed by atoms with Gasteiger partial charge in [0.25, 0.3) is 5.56 Å². The number of hydrogen-bond donors (Lipinski definition) is 3. The number of aromatic hydroxyl groups is 1. The van der Waals surface area contributed by atoms with Gasteiger partial charge in [-0.3, -0.25) is 14.3 Å². The zero-order valence-electron chi connectivity index (χ0n) is 12.4. The van der Waals surface area contributed by atoms with Crippen molar-refractivity contribution in [2.75, 3.05) is 5.43 Å². The lowest BCUT2D eigenvalue weighted by molar-refractivity contribution is 0.474. The van der Waals surface area contributed by atoms with E-state index in [9.17, 15) is 14.7 Å². The lowest BCUT2D eigenvalue weighted by Gasteiger charge is -2.00. The molecule has 9 heteroatoms. The van der Waals surface area contributed by atoms with Gasteiger partial charge in [-0.2, -0.15) is 10.1 Å². The number of aromatic amines is 1. The summed E-state index contributed by atoms with van der Waals surface area (Å²) in [6.07, 6.45) is 1.43. The van der Waals surface area contributed by atoms with Crippen molar-refractivity contribution in [3.8, 4) is 5.75 Å². The van der Waals surface area contributed by atoms with Gasteiger partial charge in [-0.15, -0.1) is 0 Å². The van der Waals surface area contributed by atoms with Crippen LogP contribution in [0.1, 0.15) is 5.56 Å². The molecular weight excluding hydrogens is 300 g/mol. The highest BCUT2D eigenvalue weighted by molar-refractivity contribution is 5.83. The van der Waals surface area contributed by atoms with Gasteiger partial charge in [-0.1, -0.05) is 12.1 Å². The molecule has 9 nitrogen and oxygen atoms in total. The quantitative estimate of drug-likeness (QED) is 0.468. The standard InChI is InChI=1S/C14H14N6O3/c1-19-10-11(20(2)14(23)17-12(10)22)16-13(19)18-15-7-8-5-3-4-6-9(8)21/h3-7,21H,1-2H3,(H,16,18)(H,17,22,23)/b15-7+. The Hall–Kier alpha value is -3.36. The van der Waals surface area contributed by atoms with Gasteiger partial charge in [0.1, 0.15) is 5.75 Å². The average Bonchev–Trinajstić information content (AvgIpc) is 2.85. The molecule has 0 unspecified atom stereocenters. The first-order valence-corrected chi connectivity index (χ1v) is 6.72. The molecule has 0 amide bonds. The molecule has 0 atom stereocenters. The number of phenols is 1. The van der Waals surface area contributed by atoms with Crippen LogP contribution in [0.4, 0.5) is 5.95 Å². The Balaban J connectivity index is 1.99. The number of nitrogens with one attached hydrogen (secondary N) is 2. The summed E-state index contributed by atoms with van der Waals surface area (Å²) in [5, 5.41) is 13.6. The highest BCUT2D eigenvalue weighted by Crippen LogP contribution is 2.14. The van der Waals surface area contributed by atoms with Crippen molar-refractivity contribution in [3.63, 3.8) is 0 Å². The van der Waals surface area contributed by atoms with Gasteiger partial charge in [0.2, 0.25) is 5.95 Å². The van der Waals surface area contributed by atoms with Gasteiger partial charge >= 0.3 is 5.69 Å². The molecule has 0 saturated heterocycles. The van der Waals surface area contributed by atoms with Crippen LogP contribution in [0.25, 0.3) is 11.2 Å². The topological polar surface area (TPSA) is 117 Å². The summed E-state index contributed by atoms with van der Waals surface area (Å²) in [5.41, 5.74) is 2.68. The minimum Gasteiger partial charge on any atom is -0.507 e. The van der Waals surface area contributed by atoms with Crippen molar-refractivity contribution in [1.29, 1.82) is 0 Å². The summed E-state index contributed by atoms with van der Waals surface area (Å²) in [4.78, 5) is 29.9. The monoisotopic (exact) mass is 314 g/mol. The largest absolute Gasteiger partial charge is 0.507 e. The van der Waals surface area contributed by atoms with Crippen LogP contribution in [0, 0.1) is 0 Å². The summed E-state index contributed by atoms with van der Waals surface area (Å²) in [6.45, 7) is 0. The predicted octanol–water partition coefficient (Wildman–Crippen LogP) is 0.112. The first-order chi connectivity index (χ1) is 11.0. The number of anilines is 1. The van der Waals surface area contributed by atoms with E-state index in [-0.39, 0.29) is 16.9 Å². The van der Waals surface area contributed by atoms with Crippen LogP contribution in [0.2, 0.25) is 0 Å². The van der Waals surface area contributed by atoms with E-state index in [2.05, 4.69) is 20.5 Å². The van der Waals surface area contributed by atoms with E-state index in [4.69, 9.17) is 0 Å². The fourth-order valence-corrected chi connectivity index (χ4v) is 2.16. The van der Waals surface area contributed by atoms with Crippen molar-refractivity contribution in [3.05, 3.63) is 50.7 Å². The molecule has 2 heterocycles. The maximum atomic E-state index is 11.9. The molecule has 0 aliphatic carbocycles. The number of aromatic nitrogens is 4. The van der Waals surface area contributed by atoms with E-state index in [1.807, 2.05) is 0 Å². The molecule has 0 spiro atoms. The van der Waals surface area contributed by atoms with E-state index < -0.39 is 11.2 Å². The third kappa shape index (κ3) is 2.48. The minimum absolute atomic E-state index is 0.0990. The van der Waals surface area contributed by atoms with Crippen LogP contribution in [0.5, 0.6) is 5.75 Å². The van der Waals surface area contributed by atoms with Crippen LogP contribution in [-0.2, 0) is 14.1 Å². The van der Waals surface area contributed by atoms with Crippen molar-refractivity contribution in [2.45, 2.75) is 0 Å². The number of hydrazone groups is 1. The first-order valence-electron chi connectivity index (χ1n) is 6.72. The summed E-state index contributed by atoms with van der Waals surface area (Å²) < 4.78 is 2.74. The molecule has 0 radical (unpaired) electrons. The molecule has 0 saturated carbocycles. The number of rotatable bonds is 3. The van der Waals surface area contributed by atoms with Crippen LogP contribution < -0.4 is 16.7 Å². The Morgan fingerprint density at radius 1 is 1.26 bits per heavy atom. The fourth-order valence-electron chi connectivity index (χ4n) is 2.16. The van der Waals surface area contributed by atoms with Gasteiger partial charge in [-0.05, 0) is 12.1 Å². The molecule has 2 aromatic heterocycles. The van der Waals surface area contributed by atoms with Crippen molar-refractivity contribution in [2.24, 2.45) is 19.2 Å². The maximum absolute atomic E-state index is 11.9. The van der Waals surface area contributed by atoms with Gasteiger partial charge in [-0.25, -0.2) is 10.2 Å². The second kappa shape index (κ2) is 5.44. The second-order valence-electron chi connectivity index (χ2n) is 4.91. The Labute approximate surface area is 129 Å². The minimum atomic E-state index is -0.537. The number of hydrogen-bond acceptors (Lipinski definition) is 6. The van der Waals surface area contributed by atoms with E-state index in [1.165, 1.54) is 22.4 Å². The Morgan fingerprint density at radius 3 is 2.74 bits per heavy atom. The zero-order chi connectivity index (χ0) is 16.6.